The number of nitrogens with zero attached hydrogens (tertiary/aromatic N) is 1. The van der Waals surface area contributed by atoms with Crippen LogP contribution < -0.4 is 11.2 Å². The summed E-state index contributed by atoms with van der Waals surface area (Å²) < 4.78 is 6.87. The van der Waals surface area contributed by atoms with Crippen molar-refractivity contribution < 1.29 is 9.84 Å². The van der Waals surface area contributed by atoms with Gasteiger partial charge >= 0.3 is 5.69 Å². The molecule has 6 heteroatoms. The van der Waals surface area contributed by atoms with Gasteiger partial charge in [0.25, 0.3) is 5.56 Å². The molecule has 2 heterocycles. The predicted octanol–water partition coefficient (Wildman–Crippen LogP) is -0.547. The predicted molar refractivity (Wildman–Crippen MR) is 56.1 cm³/mol. The average molecular weight is 226 g/mol. The maximum absolute atomic E-state index is 11.5. The van der Waals surface area contributed by atoms with Crippen LogP contribution in [0.1, 0.15) is 19.6 Å². The smallest absolute Gasteiger partial charge is 0.330 e. The molecule has 1 unspecified atom stereocenters. The van der Waals surface area contributed by atoms with Gasteiger partial charge in [-0.05, 0) is 6.42 Å². The second-order valence-corrected chi connectivity index (χ2v) is 4.06. The molecule has 0 radical (unpaired) electrons. The third-order valence-corrected chi connectivity index (χ3v) is 2.78. The van der Waals surface area contributed by atoms with Gasteiger partial charge in [-0.3, -0.25) is 14.3 Å². The lowest BCUT2D eigenvalue weighted by molar-refractivity contribution is -0.0336. The van der Waals surface area contributed by atoms with Gasteiger partial charge in [0.15, 0.2) is 0 Å². The lowest BCUT2D eigenvalue weighted by Crippen LogP contribution is -2.33. The third-order valence-electron chi connectivity index (χ3n) is 2.78. The molecule has 6 nitrogen and oxygen atoms in total. The number of aromatic amines is 1. The fourth-order valence-corrected chi connectivity index (χ4v) is 2.00. The second-order valence-electron chi connectivity index (χ2n) is 4.06. The Morgan fingerprint density at radius 2 is 2.38 bits per heavy atom. The highest BCUT2D eigenvalue weighted by Crippen LogP contribution is 2.32. The molecule has 1 saturated heterocycles. The monoisotopic (exact) mass is 226 g/mol. The van der Waals surface area contributed by atoms with E-state index in [4.69, 9.17) is 9.84 Å². The van der Waals surface area contributed by atoms with Gasteiger partial charge in [-0.2, -0.15) is 0 Å². The Hall–Kier alpha value is -1.40. The fraction of sp³-hybridized carbons (Fsp3) is 0.600. The van der Waals surface area contributed by atoms with E-state index < -0.39 is 17.5 Å². The molecule has 16 heavy (non-hydrogen) atoms. The van der Waals surface area contributed by atoms with Crippen molar-refractivity contribution in [2.45, 2.75) is 25.7 Å². The number of rotatable bonds is 2. The molecule has 1 aromatic rings. The van der Waals surface area contributed by atoms with Gasteiger partial charge in [0, 0.05) is 18.2 Å². The van der Waals surface area contributed by atoms with Crippen LogP contribution in [-0.2, 0) is 4.74 Å². The first-order chi connectivity index (χ1) is 7.61. The minimum atomic E-state index is -0.483. The molecule has 1 fully saturated rings. The first kappa shape index (κ1) is 11.1. The molecule has 3 atom stereocenters. The molecule has 1 aliphatic heterocycles. The lowest BCUT2D eigenvalue weighted by Gasteiger charge is -2.17. The van der Waals surface area contributed by atoms with E-state index in [1.54, 1.807) is 0 Å². The Labute approximate surface area is 91.5 Å². The molecule has 2 N–H and O–H groups in total. The van der Waals surface area contributed by atoms with Crippen molar-refractivity contribution in [3.05, 3.63) is 33.1 Å². The zero-order chi connectivity index (χ0) is 11.7. The molecule has 2 rings (SSSR count). The summed E-state index contributed by atoms with van der Waals surface area (Å²) in [5.74, 6) is 0.126. The number of ether oxygens (including phenoxy) is 1. The van der Waals surface area contributed by atoms with Crippen molar-refractivity contribution in [1.82, 2.24) is 9.55 Å². The van der Waals surface area contributed by atoms with Gasteiger partial charge in [-0.25, -0.2) is 4.79 Å². The van der Waals surface area contributed by atoms with Crippen LogP contribution in [0.15, 0.2) is 21.9 Å². The zero-order valence-electron chi connectivity index (χ0n) is 8.92. The van der Waals surface area contributed by atoms with Crippen molar-refractivity contribution in [2.24, 2.45) is 5.92 Å². The average Bonchev–Trinajstić information content (AvgIpc) is 2.60. The highest BCUT2D eigenvalue weighted by atomic mass is 16.5. The van der Waals surface area contributed by atoms with E-state index in [1.807, 2.05) is 6.92 Å². The van der Waals surface area contributed by atoms with Crippen molar-refractivity contribution in [1.29, 1.82) is 0 Å². The Morgan fingerprint density at radius 3 is 2.94 bits per heavy atom. The molecule has 0 aliphatic carbocycles. The molecule has 0 bridgehead atoms. The van der Waals surface area contributed by atoms with Crippen molar-refractivity contribution >= 4 is 0 Å². The van der Waals surface area contributed by atoms with Gasteiger partial charge in [-0.1, -0.05) is 6.92 Å². The Balaban J connectivity index is 2.31. The topological polar surface area (TPSA) is 84.3 Å². The molecular weight excluding hydrogens is 212 g/mol. The van der Waals surface area contributed by atoms with Crippen molar-refractivity contribution in [3.8, 4) is 0 Å². The van der Waals surface area contributed by atoms with E-state index in [1.165, 1.54) is 16.8 Å². The first-order valence-electron chi connectivity index (χ1n) is 5.19. The van der Waals surface area contributed by atoms with Crippen LogP contribution in [0.2, 0.25) is 0 Å². The van der Waals surface area contributed by atoms with Crippen LogP contribution in [0.25, 0.3) is 0 Å². The van der Waals surface area contributed by atoms with Gasteiger partial charge in [0.2, 0.25) is 0 Å². The number of aliphatic hydroxyl groups is 1. The van der Waals surface area contributed by atoms with Gasteiger partial charge < -0.3 is 9.84 Å². The van der Waals surface area contributed by atoms with Crippen LogP contribution in [0, 0.1) is 5.92 Å². The minimum absolute atomic E-state index is 0.0566. The maximum atomic E-state index is 11.5. The summed E-state index contributed by atoms with van der Waals surface area (Å²) in [5, 5.41) is 8.99. The van der Waals surface area contributed by atoms with Gasteiger partial charge in [-0.15, -0.1) is 0 Å². The summed E-state index contributed by atoms with van der Waals surface area (Å²) in [6.07, 6.45) is 1.47. The van der Waals surface area contributed by atoms with E-state index in [0.29, 0.717) is 6.42 Å². The highest BCUT2D eigenvalue weighted by Gasteiger charge is 2.33. The van der Waals surface area contributed by atoms with Crippen molar-refractivity contribution in [3.63, 3.8) is 0 Å². The van der Waals surface area contributed by atoms with Gasteiger partial charge in [0.1, 0.15) is 6.23 Å². The molecule has 1 aliphatic rings. The van der Waals surface area contributed by atoms with Gasteiger partial charge in [0.05, 0.1) is 12.7 Å². The molecule has 0 spiro atoms. The summed E-state index contributed by atoms with van der Waals surface area (Å²) in [5.41, 5.74) is -0.909. The van der Waals surface area contributed by atoms with Crippen LogP contribution in [0.4, 0.5) is 0 Å². The summed E-state index contributed by atoms with van der Waals surface area (Å²) in [6, 6.07) is 1.28. The largest absolute Gasteiger partial charge is 0.394 e. The minimum Gasteiger partial charge on any atom is -0.394 e. The number of H-pyrrole nitrogens is 1. The second kappa shape index (κ2) is 4.23. The van der Waals surface area contributed by atoms with E-state index in [0.717, 1.165) is 0 Å². The quantitative estimate of drug-likeness (QED) is 0.708. The maximum Gasteiger partial charge on any atom is 0.330 e. The Morgan fingerprint density at radius 1 is 1.62 bits per heavy atom. The fourth-order valence-electron chi connectivity index (χ4n) is 2.00. The van der Waals surface area contributed by atoms with Crippen LogP contribution in [0.3, 0.4) is 0 Å². The van der Waals surface area contributed by atoms with Crippen LogP contribution in [-0.4, -0.2) is 27.4 Å². The van der Waals surface area contributed by atoms with E-state index >= 15 is 0 Å². The SMILES string of the molecule is C[C@H]1C[C@@H](CO)OC1n1ccc(=O)[nH]c1=O. The van der Waals surface area contributed by atoms with Crippen LogP contribution >= 0.6 is 0 Å². The molecule has 0 aromatic carbocycles. The summed E-state index contributed by atoms with van der Waals surface area (Å²) in [7, 11) is 0. The number of hydrogen-bond donors (Lipinski definition) is 2. The molecule has 1 aromatic heterocycles. The van der Waals surface area contributed by atoms with E-state index in [2.05, 4.69) is 4.98 Å². The molecule has 88 valence electrons. The normalized spacial score (nSPS) is 29.5. The lowest BCUT2D eigenvalue weighted by atomic mass is 10.1. The standard InChI is InChI=1S/C10H14N2O4/c1-6-4-7(5-13)16-9(6)12-3-2-8(14)11-10(12)15/h2-3,6-7,9,13H,4-5H2,1H3,(H,11,14,15)/t6-,7-,9?/m0/s1. The number of hydrogen-bond acceptors (Lipinski definition) is 4. The summed E-state index contributed by atoms with van der Waals surface area (Å²) in [6.45, 7) is 1.89. The van der Waals surface area contributed by atoms with Crippen LogP contribution in [0.5, 0.6) is 0 Å². The van der Waals surface area contributed by atoms with E-state index in [9.17, 15) is 9.59 Å². The first-order valence-corrected chi connectivity index (χ1v) is 5.19. The highest BCUT2D eigenvalue weighted by molar-refractivity contribution is 4.87. The number of nitrogens with one attached hydrogen (secondary N) is 1. The Kier molecular flexibility index (Phi) is 2.93. The Bertz CT molecular complexity index is 478. The summed E-state index contributed by atoms with van der Waals surface area (Å²) in [4.78, 5) is 24.6. The molecule has 0 saturated carbocycles. The number of aromatic nitrogens is 2. The molecule has 0 amide bonds. The number of aliphatic hydroxyl groups excluding tert-OH is 1. The summed E-state index contributed by atoms with van der Waals surface area (Å²) >= 11 is 0. The third kappa shape index (κ3) is 1.94. The van der Waals surface area contributed by atoms with E-state index in [-0.39, 0.29) is 18.6 Å². The van der Waals surface area contributed by atoms with Crippen molar-refractivity contribution in [2.75, 3.05) is 6.61 Å². The zero-order valence-corrected chi connectivity index (χ0v) is 8.92. The molecular formula is C10H14N2O4.